The number of thiophene rings is 1. The number of ether oxygens (including phenoxy) is 1. The lowest BCUT2D eigenvalue weighted by Gasteiger charge is -2.12. The Kier molecular flexibility index (Phi) is 5.44. The number of carbonyl (C=O) groups excluding carboxylic acids is 1. The second-order valence-corrected chi connectivity index (χ2v) is 7.53. The van der Waals surface area contributed by atoms with Crippen LogP contribution in [-0.2, 0) is 19.5 Å². The van der Waals surface area contributed by atoms with Crippen LogP contribution < -0.4 is 10.1 Å². The number of hydrogen-bond acceptors (Lipinski definition) is 3. The lowest BCUT2D eigenvalue weighted by molar-refractivity contribution is 0.0941. The second-order valence-electron chi connectivity index (χ2n) is 6.58. The minimum atomic E-state index is -0.0673. The molecule has 4 rings (SSSR count). The smallest absolute Gasteiger partial charge is 0.268 e. The Labute approximate surface area is 168 Å². The standard InChI is InChI=1S/C23H22N2O2S/c1-27-21-10-6-5-9-18(21)16-24-23(26)20-15-22-19(12-14-28-22)25(20)13-11-17-7-3-2-4-8-17/h2-10,12,14-15H,11,13,16H2,1H3,(H,24,26). The molecular formula is C23H22N2O2S. The molecule has 28 heavy (non-hydrogen) atoms. The SMILES string of the molecule is COc1ccccc1CNC(=O)c1cc2sccc2n1CCc1ccccc1. The number of aryl methyl sites for hydroxylation is 2. The van der Waals surface area contributed by atoms with Crippen molar-refractivity contribution in [3.05, 3.63) is 88.9 Å². The van der Waals surface area contributed by atoms with E-state index in [1.54, 1.807) is 18.4 Å². The number of carbonyl (C=O) groups is 1. The molecule has 0 atom stereocenters. The Hall–Kier alpha value is -3.05. The first-order valence-electron chi connectivity index (χ1n) is 9.27. The Morgan fingerprint density at radius 3 is 2.68 bits per heavy atom. The Morgan fingerprint density at radius 2 is 1.86 bits per heavy atom. The number of fused-ring (bicyclic) bond motifs is 1. The van der Waals surface area contributed by atoms with Crippen molar-refractivity contribution in [3.8, 4) is 5.75 Å². The van der Waals surface area contributed by atoms with Gasteiger partial charge in [0.25, 0.3) is 5.91 Å². The maximum absolute atomic E-state index is 12.9. The number of aromatic nitrogens is 1. The van der Waals surface area contributed by atoms with Gasteiger partial charge in [-0.15, -0.1) is 11.3 Å². The summed E-state index contributed by atoms with van der Waals surface area (Å²) in [6.45, 7) is 1.20. The highest BCUT2D eigenvalue weighted by Crippen LogP contribution is 2.26. The van der Waals surface area contributed by atoms with Gasteiger partial charge in [0.05, 0.1) is 17.3 Å². The van der Waals surface area contributed by atoms with Crippen molar-refractivity contribution < 1.29 is 9.53 Å². The Morgan fingerprint density at radius 1 is 1.07 bits per heavy atom. The zero-order chi connectivity index (χ0) is 19.3. The van der Waals surface area contributed by atoms with Crippen LogP contribution in [0.4, 0.5) is 0 Å². The molecule has 0 aliphatic heterocycles. The first-order valence-corrected chi connectivity index (χ1v) is 10.1. The highest BCUT2D eigenvalue weighted by atomic mass is 32.1. The maximum Gasteiger partial charge on any atom is 0.268 e. The molecule has 4 nitrogen and oxygen atoms in total. The molecule has 0 saturated carbocycles. The molecule has 0 unspecified atom stereocenters. The van der Waals surface area contributed by atoms with Crippen molar-refractivity contribution in [2.75, 3.05) is 7.11 Å². The van der Waals surface area contributed by atoms with Crippen molar-refractivity contribution >= 4 is 27.5 Å². The van der Waals surface area contributed by atoms with Crippen molar-refractivity contribution in [2.45, 2.75) is 19.5 Å². The second kappa shape index (κ2) is 8.31. The van der Waals surface area contributed by atoms with Gasteiger partial charge in [-0.1, -0.05) is 48.5 Å². The van der Waals surface area contributed by atoms with E-state index in [0.717, 1.165) is 34.5 Å². The molecule has 0 radical (unpaired) electrons. The number of rotatable bonds is 7. The van der Waals surface area contributed by atoms with E-state index in [1.807, 2.05) is 48.5 Å². The summed E-state index contributed by atoms with van der Waals surface area (Å²) in [6.07, 6.45) is 0.882. The summed E-state index contributed by atoms with van der Waals surface area (Å²) in [5.74, 6) is 0.714. The van der Waals surface area contributed by atoms with Gasteiger partial charge >= 0.3 is 0 Å². The van der Waals surface area contributed by atoms with Gasteiger partial charge in [0.2, 0.25) is 0 Å². The van der Waals surface area contributed by atoms with E-state index in [1.165, 1.54) is 5.56 Å². The van der Waals surface area contributed by atoms with Crippen molar-refractivity contribution in [1.29, 1.82) is 0 Å². The predicted octanol–water partition coefficient (Wildman–Crippen LogP) is 4.88. The molecule has 1 amide bonds. The quantitative estimate of drug-likeness (QED) is 0.488. The van der Waals surface area contributed by atoms with Gasteiger partial charge in [0.1, 0.15) is 11.4 Å². The molecule has 5 heteroatoms. The molecule has 4 aromatic rings. The molecule has 2 aromatic heterocycles. The molecule has 0 aliphatic rings. The molecule has 0 saturated heterocycles. The first-order chi connectivity index (χ1) is 13.8. The lowest BCUT2D eigenvalue weighted by atomic mass is 10.1. The largest absolute Gasteiger partial charge is 0.496 e. The summed E-state index contributed by atoms with van der Waals surface area (Å²) >= 11 is 1.66. The monoisotopic (exact) mass is 390 g/mol. The topological polar surface area (TPSA) is 43.3 Å². The first kappa shape index (κ1) is 18.3. The summed E-state index contributed by atoms with van der Waals surface area (Å²) in [5, 5.41) is 5.11. The normalized spacial score (nSPS) is 10.9. The van der Waals surface area contributed by atoms with Gasteiger partial charge in [-0.2, -0.15) is 0 Å². The molecule has 2 heterocycles. The number of nitrogens with zero attached hydrogens (tertiary/aromatic N) is 1. The zero-order valence-corrected chi connectivity index (χ0v) is 16.5. The highest BCUT2D eigenvalue weighted by molar-refractivity contribution is 7.17. The number of methoxy groups -OCH3 is 1. The molecule has 2 aromatic carbocycles. The van der Waals surface area contributed by atoms with Crippen LogP contribution in [0.5, 0.6) is 5.75 Å². The van der Waals surface area contributed by atoms with Crippen molar-refractivity contribution in [3.63, 3.8) is 0 Å². The van der Waals surface area contributed by atoms with Crippen molar-refractivity contribution in [1.82, 2.24) is 9.88 Å². The van der Waals surface area contributed by atoms with Crippen LogP contribution in [0.2, 0.25) is 0 Å². The lowest BCUT2D eigenvalue weighted by Crippen LogP contribution is -2.26. The van der Waals surface area contributed by atoms with Crippen LogP contribution >= 0.6 is 11.3 Å². The highest BCUT2D eigenvalue weighted by Gasteiger charge is 2.16. The van der Waals surface area contributed by atoms with E-state index in [0.29, 0.717) is 12.2 Å². The maximum atomic E-state index is 12.9. The fourth-order valence-corrected chi connectivity index (χ4v) is 4.23. The third kappa shape index (κ3) is 3.80. The Bertz CT molecular complexity index is 1080. The number of nitrogens with one attached hydrogen (secondary N) is 1. The molecule has 0 aliphatic carbocycles. The summed E-state index contributed by atoms with van der Waals surface area (Å²) in [5.41, 5.74) is 4.04. The van der Waals surface area contributed by atoms with Gasteiger partial charge in [-0.05, 0) is 35.6 Å². The summed E-state index contributed by atoms with van der Waals surface area (Å²) in [6, 6.07) is 22.2. The van der Waals surface area contributed by atoms with Gasteiger partial charge < -0.3 is 14.6 Å². The number of amides is 1. The number of para-hydroxylation sites is 1. The van der Waals surface area contributed by atoms with E-state index >= 15 is 0 Å². The summed E-state index contributed by atoms with van der Waals surface area (Å²) in [4.78, 5) is 12.9. The minimum absolute atomic E-state index is 0.0673. The third-order valence-corrected chi connectivity index (χ3v) is 5.71. The van der Waals surface area contributed by atoms with Crippen LogP contribution in [0.25, 0.3) is 10.2 Å². The average molecular weight is 391 g/mol. The van der Waals surface area contributed by atoms with E-state index in [2.05, 4.69) is 33.5 Å². The molecule has 0 spiro atoms. The molecule has 0 fully saturated rings. The van der Waals surface area contributed by atoms with E-state index in [4.69, 9.17) is 4.74 Å². The van der Waals surface area contributed by atoms with Crippen LogP contribution in [0.3, 0.4) is 0 Å². The van der Waals surface area contributed by atoms with Gasteiger partial charge in [0, 0.05) is 18.7 Å². The summed E-state index contributed by atoms with van der Waals surface area (Å²) < 4.78 is 8.63. The van der Waals surface area contributed by atoms with Crippen molar-refractivity contribution in [2.24, 2.45) is 0 Å². The third-order valence-electron chi connectivity index (χ3n) is 4.85. The molecule has 1 N–H and O–H groups in total. The van der Waals surface area contributed by atoms with Crippen LogP contribution in [-0.4, -0.2) is 17.6 Å². The fraction of sp³-hybridized carbons (Fsp3) is 0.174. The van der Waals surface area contributed by atoms with Gasteiger partial charge in [-0.25, -0.2) is 0 Å². The van der Waals surface area contributed by atoms with E-state index in [9.17, 15) is 4.79 Å². The Balaban J connectivity index is 1.54. The predicted molar refractivity (Wildman–Crippen MR) is 114 cm³/mol. The minimum Gasteiger partial charge on any atom is -0.496 e. The molecule has 142 valence electrons. The van der Waals surface area contributed by atoms with Gasteiger partial charge in [-0.3, -0.25) is 4.79 Å². The zero-order valence-electron chi connectivity index (χ0n) is 15.7. The van der Waals surface area contributed by atoms with Crippen LogP contribution in [0, 0.1) is 0 Å². The van der Waals surface area contributed by atoms with E-state index in [-0.39, 0.29) is 5.91 Å². The van der Waals surface area contributed by atoms with Crippen LogP contribution in [0.1, 0.15) is 21.6 Å². The van der Waals surface area contributed by atoms with Gasteiger partial charge in [0.15, 0.2) is 0 Å². The van der Waals surface area contributed by atoms with E-state index < -0.39 is 0 Å². The molecule has 0 bridgehead atoms. The fourth-order valence-electron chi connectivity index (χ4n) is 3.41. The number of hydrogen-bond donors (Lipinski definition) is 1. The molecular weight excluding hydrogens is 368 g/mol. The van der Waals surface area contributed by atoms with Crippen LogP contribution in [0.15, 0.2) is 72.1 Å². The average Bonchev–Trinajstić information content (AvgIpc) is 3.33. The summed E-state index contributed by atoms with van der Waals surface area (Å²) in [7, 11) is 1.64. The number of benzene rings is 2.